The first-order valence-corrected chi connectivity index (χ1v) is 7.88. The monoisotopic (exact) mass is 353 g/mol. The SMILES string of the molecule is N=C(N)SC(=O)Cc1ccccc1Nc1c(Cl)cccc1Cl. The molecule has 0 unspecified atom stereocenters. The fourth-order valence-electron chi connectivity index (χ4n) is 1.86. The molecule has 0 radical (unpaired) electrons. The van der Waals surface area contributed by atoms with E-state index in [4.69, 9.17) is 34.3 Å². The number of amidine groups is 1. The molecule has 2 aromatic carbocycles. The van der Waals surface area contributed by atoms with Crippen molar-refractivity contribution in [1.29, 1.82) is 5.41 Å². The van der Waals surface area contributed by atoms with Gasteiger partial charge in [0.25, 0.3) is 0 Å². The van der Waals surface area contributed by atoms with Gasteiger partial charge in [-0.05, 0) is 35.5 Å². The Labute approximate surface area is 142 Å². The molecule has 2 aromatic rings. The first-order valence-electron chi connectivity index (χ1n) is 6.31. The topological polar surface area (TPSA) is 79.0 Å². The molecule has 0 bridgehead atoms. The number of rotatable bonds is 4. The van der Waals surface area contributed by atoms with Crippen molar-refractivity contribution in [2.75, 3.05) is 5.32 Å². The van der Waals surface area contributed by atoms with Crippen LogP contribution in [0.5, 0.6) is 0 Å². The summed E-state index contributed by atoms with van der Waals surface area (Å²) in [6.07, 6.45) is 0.148. The van der Waals surface area contributed by atoms with Crippen LogP contribution in [0.1, 0.15) is 5.56 Å². The zero-order valence-corrected chi connectivity index (χ0v) is 13.7. The Morgan fingerprint density at radius 3 is 2.41 bits per heavy atom. The number of carbonyl (C=O) groups excluding carboxylic acids is 1. The molecule has 0 aromatic heterocycles. The Hall–Kier alpha value is -1.69. The highest BCUT2D eigenvalue weighted by atomic mass is 35.5. The van der Waals surface area contributed by atoms with Crippen molar-refractivity contribution in [2.24, 2.45) is 5.73 Å². The van der Waals surface area contributed by atoms with Crippen LogP contribution in [0.4, 0.5) is 11.4 Å². The van der Waals surface area contributed by atoms with E-state index >= 15 is 0 Å². The van der Waals surface area contributed by atoms with Gasteiger partial charge in [0.1, 0.15) is 0 Å². The molecule has 0 atom stereocenters. The molecule has 7 heteroatoms. The lowest BCUT2D eigenvalue weighted by molar-refractivity contribution is -0.110. The zero-order valence-electron chi connectivity index (χ0n) is 11.4. The van der Waals surface area contributed by atoms with Gasteiger partial charge in [-0.15, -0.1) is 0 Å². The fraction of sp³-hybridized carbons (Fsp3) is 0.0667. The van der Waals surface area contributed by atoms with Gasteiger partial charge in [-0.1, -0.05) is 47.5 Å². The molecule has 4 N–H and O–H groups in total. The molecular weight excluding hydrogens is 341 g/mol. The lowest BCUT2D eigenvalue weighted by Gasteiger charge is -2.14. The second kappa shape index (κ2) is 7.54. The maximum Gasteiger partial charge on any atom is 0.200 e. The first-order chi connectivity index (χ1) is 10.5. The van der Waals surface area contributed by atoms with E-state index in [1.807, 2.05) is 24.3 Å². The van der Waals surface area contributed by atoms with E-state index in [9.17, 15) is 4.79 Å². The lowest BCUT2D eigenvalue weighted by Crippen LogP contribution is -2.10. The molecule has 0 spiro atoms. The normalized spacial score (nSPS) is 10.3. The van der Waals surface area contributed by atoms with Gasteiger partial charge in [-0.25, -0.2) is 0 Å². The predicted octanol–water partition coefficient (Wildman–Crippen LogP) is 4.43. The minimum Gasteiger partial charge on any atom is -0.378 e. The Morgan fingerprint density at radius 1 is 1.14 bits per heavy atom. The maximum atomic E-state index is 11.8. The third kappa shape index (κ3) is 4.40. The van der Waals surface area contributed by atoms with Gasteiger partial charge in [0.15, 0.2) is 5.17 Å². The van der Waals surface area contributed by atoms with Gasteiger partial charge < -0.3 is 11.1 Å². The zero-order chi connectivity index (χ0) is 16.1. The molecule has 0 aliphatic heterocycles. The number of hydrogen-bond acceptors (Lipinski definition) is 4. The molecule has 0 fully saturated rings. The van der Waals surface area contributed by atoms with Crippen LogP contribution < -0.4 is 11.1 Å². The van der Waals surface area contributed by atoms with Crippen LogP contribution in [-0.2, 0) is 11.2 Å². The Bertz CT molecular complexity index is 701. The number of anilines is 2. The van der Waals surface area contributed by atoms with Crippen LogP contribution >= 0.6 is 35.0 Å². The van der Waals surface area contributed by atoms with Crippen LogP contribution in [-0.4, -0.2) is 10.3 Å². The third-order valence-electron chi connectivity index (χ3n) is 2.80. The highest BCUT2D eigenvalue weighted by Gasteiger charge is 2.12. The van der Waals surface area contributed by atoms with E-state index in [1.54, 1.807) is 18.2 Å². The van der Waals surface area contributed by atoms with Crippen molar-refractivity contribution in [3.63, 3.8) is 0 Å². The Kier molecular flexibility index (Phi) is 5.71. The molecule has 114 valence electrons. The van der Waals surface area contributed by atoms with Crippen molar-refractivity contribution in [1.82, 2.24) is 0 Å². The second-order valence-electron chi connectivity index (χ2n) is 4.39. The van der Waals surface area contributed by atoms with E-state index in [0.717, 1.165) is 11.3 Å². The summed E-state index contributed by atoms with van der Waals surface area (Å²) < 4.78 is 0. The number of thioether (sulfide) groups is 1. The molecule has 2 rings (SSSR count). The fourth-order valence-corrected chi connectivity index (χ4v) is 2.83. The van der Waals surface area contributed by atoms with Crippen molar-refractivity contribution in [2.45, 2.75) is 6.42 Å². The molecule has 0 aliphatic carbocycles. The maximum absolute atomic E-state index is 11.8. The summed E-state index contributed by atoms with van der Waals surface area (Å²) in [5, 5.41) is 10.9. The summed E-state index contributed by atoms with van der Waals surface area (Å²) in [7, 11) is 0. The number of halogens is 2. The molecular formula is C15H13Cl2N3OS. The average Bonchev–Trinajstić information content (AvgIpc) is 2.44. The largest absolute Gasteiger partial charge is 0.378 e. The molecule has 22 heavy (non-hydrogen) atoms. The molecule has 4 nitrogen and oxygen atoms in total. The van der Waals surface area contributed by atoms with E-state index in [2.05, 4.69) is 5.32 Å². The van der Waals surface area contributed by atoms with Crippen LogP contribution in [0.3, 0.4) is 0 Å². The summed E-state index contributed by atoms with van der Waals surface area (Å²) in [5.41, 5.74) is 7.32. The Morgan fingerprint density at radius 2 is 1.77 bits per heavy atom. The van der Waals surface area contributed by atoms with E-state index in [0.29, 0.717) is 27.5 Å². The lowest BCUT2D eigenvalue weighted by atomic mass is 10.1. The number of hydrogen-bond donors (Lipinski definition) is 3. The highest BCUT2D eigenvalue weighted by molar-refractivity contribution is 8.26. The van der Waals surface area contributed by atoms with Crippen molar-refractivity contribution in [3.8, 4) is 0 Å². The Balaban J connectivity index is 2.25. The number of nitrogens with two attached hydrogens (primary N) is 1. The summed E-state index contributed by atoms with van der Waals surface area (Å²) in [6.45, 7) is 0. The minimum atomic E-state index is -0.218. The first kappa shape index (κ1) is 16.7. The van der Waals surface area contributed by atoms with E-state index in [1.165, 1.54) is 0 Å². The van der Waals surface area contributed by atoms with Crippen molar-refractivity contribution < 1.29 is 4.79 Å². The van der Waals surface area contributed by atoms with Gasteiger partial charge >= 0.3 is 0 Å². The van der Waals surface area contributed by atoms with Crippen LogP contribution in [0.15, 0.2) is 42.5 Å². The van der Waals surface area contributed by atoms with Gasteiger partial charge in [0.05, 0.1) is 15.7 Å². The summed E-state index contributed by atoms with van der Waals surface area (Å²) in [6, 6.07) is 12.6. The van der Waals surface area contributed by atoms with E-state index in [-0.39, 0.29) is 16.7 Å². The number of para-hydroxylation sites is 2. The standard InChI is InChI=1S/C15H13Cl2N3OS/c16-10-5-3-6-11(17)14(10)20-12-7-2-1-4-9(12)8-13(21)22-15(18)19/h1-7,20H,8H2,(H3,18,19). The summed E-state index contributed by atoms with van der Waals surface area (Å²) in [5.74, 6) is 0. The predicted molar refractivity (Wildman–Crippen MR) is 94.4 cm³/mol. The van der Waals surface area contributed by atoms with Gasteiger partial charge in [-0.3, -0.25) is 10.2 Å². The van der Waals surface area contributed by atoms with Crippen LogP contribution in [0.2, 0.25) is 10.0 Å². The van der Waals surface area contributed by atoms with Crippen LogP contribution in [0.25, 0.3) is 0 Å². The van der Waals surface area contributed by atoms with E-state index < -0.39 is 0 Å². The molecule has 0 saturated carbocycles. The summed E-state index contributed by atoms with van der Waals surface area (Å²) in [4.78, 5) is 11.8. The highest BCUT2D eigenvalue weighted by Crippen LogP contribution is 2.33. The number of nitrogens with one attached hydrogen (secondary N) is 2. The van der Waals surface area contributed by atoms with Gasteiger partial charge in [0.2, 0.25) is 5.12 Å². The molecule has 0 amide bonds. The van der Waals surface area contributed by atoms with Gasteiger partial charge in [0, 0.05) is 12.1 Å². The smallest absolute Gasteiger partial charge is 0.200 e. The molecule has 0 saturated heterocycles. The minimum absolute atomic E-state index is 0.148. The third-order valence-corrected chi connectivity index (χ3v) is 4.02. The van der Waals surface area contributed by atoms with Crippen LogP contribution in [0, 0.1) is 5.41 Å². The summed E-state index contributed by atoms with van der Waals surface area (Å²) >= 11 is 13.0. The van der Waals surface area contributed by atoms with Gasteiger partial charge in [-0.2, -0.15) is 0 Å². The van der Waals surface area contributed by atoms with Crippen molar-refractivity contribution in [3.05, 3.63) is 58.1 Å². The average molecular weight is 354 g/mol. The number of carbonyl (C=O) groups is 1. The van der Waals surface area contributed by atoms with Crippen molar-refractivity contribution >= 4 is 56.6 Å². The quantitative estimate of drug-likeness (QED) is 0.560. The second-order valence-corrected chi connectivity index (χ2v) is 6.31. The molecule has 0 aliphatic rings. The number of benzene rings is 2. The molecule has 0 heterocycles.